The molecular weight excluding hydrogens is 256 g/mol. The molecule has 0 saturated heterocycles. The van der Waals surface area contributed by atoms with Crippen LogP contribution >= 0.6 is 0 Å². The molecule has 20 heavy (non-hydrogen) atoms. The maximum Gasteiger partial charge on any atom is 0.273 e. The van der Waals surface area contributed by atoms with Crippen LogP contribution in [0.3, 0.4) is 0 Å². The van der Waals surface area contributed by atoms with Gasteiger partial charge in [-0.25, -0.2) is 4.68 Å². The van der Waals surface area contributed by atoms with Crippen molar-refractivity contribution in [3.8, 4) is 5.69 Å². The Bertz CT molecular complexity index is 634. The second kappa shape index (κ2) is 5.73. The largest absolute Gasteiger partial charge is 0.385 e. The van der Waals surface area contributed by atoms with E-state index in [1.54, 1.807) is 10.7 Å². The van der Waals surface area contributed by atoms with E-state index < -0.39 is 0 Å². The Labute approximate surface area is 117 Å². The average molecular weight is 274 g/mol. The number of hydrogen-bond donors (Lipinski definition) is 1. The first kappa shape index (κ1) is 14.0. The number of aryl methyl sites for hydroxylation is 2. The van der Waals surface area contributed by atoms with Crippen LogP contribution in [-0.2, 0) is 0 Å². The minimum absolute atomic E-state index is 0.0636. The van der Waals surface area contributed by atoms with Crippen LogP contribution < -0.4 is 5.32 Å². The molecule has 0 unspecified atom stereocenters. The smallest absolute Gasteiger partial charge is 0.273 e. The standard InChI is InChI=1S/C14H18N4O2/c1-4-5-15-12-7-13(9-14(8-12)18(19)20)17-11(3)6-10(2)16-17/h6-9,15H,4-5H2,1-3H3. The first-order valence-electron chi connectivity index (χ1n) is 6.58. The molecule has 0 spiro atoms. The Morgan fingerprint density at radius 1 is 1.30 bits per heavy atom. The summed E-state index contributed by atoms with van der Waals surface area (Å²) in [5, 5.41) is 18.6. The summed E-state index contributed by atoms with van der Waals surface area (Å²) in [5.74, 6) is 0. The maximum absolute atomic E-state index is 11.0. The molecule has 2 aromatic rings. The lowest BCUT2D eigenvalue weighted by atomic mass is 10.2. The lowest BCUT2D eigenvalue weighted by molar-refractivity contribution is -0.384. The van der Waals surface area contributed by atoms with Crippen molar-refractivity contribution >= 4 is 11.4 Å². The number of nitro groups is 1. The summed E-state index contributed by atoms with van der Waals surface area (Å²) >= 11 is 0. The van der Waals surface area contributed by atoms with Crippen LogP contribution in [0.25, 0.3) is 5.69 Å². The third-order valence-electron chi connectivity index (χ3n) is 2.95. The number of aromatic nitrogens is 2. The van der Waals surface area contributed by atoms with Crippen LogP contribution in [-0.4, -0.2) is 21.2 Å². The minimum atomic E-state index is -0.383. The van der Waals surface area contributed by atoms with Crippen LogP contribution in [0.15, 0.2) is 24.3 Å². The molecule has 0 aliphatic rings. The Hall–Kier alpha value is -2.37. The third-order valence-corrected chi connectivity index (χ3v) is 2.95. The molecule has 0 saturated carbocycles. The van der Waals surface area contributed by atoms with E-state index in [0.29, 0.717) is 5.69 Å². The van der Waals surface area contributed by atoms with Gasteiger partial charge in [-0.05, 0) is 32.4 Å². The van der Waals surface area contributed by atoms with Gasteiger partial charge in [-0.3, -0.25) is 10.1 Å². The topological polar surface area (TPSA) is 73.0 Å². The Morgan fingerprint density at radius 2 is 2.05 bits per heavy atom. The summed E-state index contributed by atoms with van der Waals surface area (Å²) in [6.07, 6.45) is 0.956. The second-order valence-electron chi connectivity index (χ2n) is 4.76. The van der Waals surface area contributed by atoms with Crippen molar-refractivity contribution in [2.45, 2.75) is 27.2 Å². The average Bonchev–Trinajstić information content (AvgIpc) is 2.75. The highest BCUT2D eigenvalue weighted by molar-refractivity contribution is 5.59. The number of hydrogen-bond acceptors (Lipinski definition) is 4. The Kier molecular flexibility index (Phi) is 4.02. The van der Waals surface area contributed by atoms with Gasteiger partial charge >= 0.3 is 0 Å². The van der Waals surface area contributed by atoms with E-state index in [-0.39, 0.29) is 10.6 Å². The van der Waals surface area contributed by atoms with Gasteiger partial charge in [0.1, 0.15) is 0 Å². The van der Waals surface area contributed by atoms with Crippen molar-refractivity contribution in [1.29, 1.82) is 0 Å². The highest BCUT2D eigenvalue weighted by Crippen LogP contribution is 2.24. The van der Waals surface area contributed by atoms with Crippen molar-refractivity contribution < 1.29 is 4.92 Å². The highest BCUT2D eigenvalue weighted by Gasteiger charge is 2.12. The summed E-state index contributed by atoms with van der Waals surface area (Å²) in [6, 6.07) is 6.90. The molecule has 1 aromatic carbocycles. The molecule has 0 bridgehead atoms. The predicted octanol–water partition coefficient (Wildman–Crippen LogP) is 3.22. The fourth-order valence-corrected chi connectivity index (χ4v) is 2.08. The van der Waals surface area contributed by atoms with E-state index in [0.717, 1.165) is 30.0 Å². The zero-order chi connectivity index (χ0) is 14.7. The number of anilines is 1. The summed E-state index contributed by atoms with van der Waals surface area (Å²) in [4.78, 5) is 10.7. The van der Waals surface area contributed by atoms with Crippen molar-refractivity contribution in [3.63, 3.8) is 0 Å². The molecule has 6 heteroatoms. The lowest BCUT2D eigenvalue weighted by Gasteiger charge is -2.09. The summed E-state index contributed by atoms with van der Waals surface area (Å²) in [6.45, 7) is 6.65. The molecule has 1 N–H and O–H groups in total. The highest BCUT2D eigenvalue weighted by atomic mass is 16.6. The van der Waals surface area contributed by atoms with Crippen molar-refractivity contribution in [2.75, 3.05) is 11.9 Å². The third kappa shape index (κ3) is 2.96. The molecule has 2 rings (SSSR count). The van der Waals surface area contributed by atoms with Crippen molar-refractivity contribution in [2.24, 2.45) is 0 Å². The van der Waals surface area contributed by atoms with Gasteiger partial charge in [-0.2, -0.15) is 5.10 Å². The van der Waals surface area contributed by atoms with Crippen molar-refractivity contribution in [3.05, 3.63) is 45.8 Å². The fourth-order valence-electron chi connectivity index (χ4n) is 2.08. The van der Waals surface area contributed by atoms with E-state index in [4.69, 9.17) is 0 Å². The van der Waals surface area contributed by atoms with Crippen LogP contribution in [0.1, 0.15) is 24.7 Å². The van der Waals surface area contributed by atoms with E-state index in [1.165, 1.54) is 6.07 Å². The summed E-state index contributed by atoms with van der Waals surface area (Å²) < 4.78 is 1.72. The Balaban J connectivity index is 2.48. The predicted molar refractivity (Wildman–Crippen MR) is 78.5 cm³/mol. The van der Waals surface area contributed by atoms with E-state index in [1.807, 2.05) is 32.9 Å². The van der Waals surface area contributed by atoms with Gasteiger partial charge in [0.25, 0.3) is 5.69 Å². The van der Waals surface area contributed by atoms with Crippen LogP contribution in [0.4, 0.5) is 11.4 Å². The molecule has 1 heterocycles. The summed E-state index contributed by atoms with van der Waals surface area (Å²) in [5.41, 5.74) is 3.34. The Morgan fingerprint density at radius 3 is 2.60 bits per heavy atom. The zero-order valence-corrected chi connectivity index (χ0v) is 11.9. The number of nitrogens with one attached hydrogen (secondary N) is 1. The van der Waals surface area contributed by atoms with Crippen LogP contribution in [0.5, 0.6) is 0 Å². The number of nitrogens with zero attached hydrogens (tertiary/aromatic N) is 3. The van der Waals surface area contributed by atoms with Crippen LogP contribution in [0.2, 0.25) is 0 Å². The first-order chi connectivity index (χ1) is 9.51. The van der Waals surface area contributed by atoms with Gasteiger partial charge in [-0.15, -0.1) is 0 Å². The fraction of sp³-hybridized carbons (Fsp3) is 0.357. The van der Waals surface area contributed by atoms with E-state index in [2.05, 4.69) is 10.4 Å². The molecule has 106 valence electrons. The quantitative estimate of drug-likeness (QED) is 0.671. The van der Waals surface area contributed by atoms with Gasteiger partial charge < -0.3 is 5.32 Å². The molecule has 0 aliphatic carbocycles. The normalized spacial score (nSPS) is 10.6. The van der Waals surface area contributed by atoms with Gasteiger partial charge in [0, 0.05) is 30.1 Å². The lowest BCUT2D eigenvalue weighted by Crippen LogP contribution is -2.04. The first-order valence-corrected chi connectivity index (χ1v) is 6.58. The molecule has 0 fully saturated rings. The van der Waals surface area contributed by atoms with Gasteiger partial charge in [0.15, 0.2) is 0 Å². The molecule has 1 aromatic heterocycles. The number of non-ortho nitro benzene ring substituents is 1. The van der Waals surface area contributed by atoms with Gasteiger partial charge in [-0.1, -0.05) is 6.92 Å². The minimum Gasteiger partial charge on any atom is -0.385 e. The molecule has 0 atom stereocenters. The number of nitro benzene ring substituents is 1. The summed E-state index contributed by atoms with van der Waals surface area (Å²) in [7, 11) is 0. The molecule has 0 amide bonds. The van der Waals surface area contributed by atoms with E-state index in [9.17, 15) is 10.1 Å². The molecule has 0 radical (unpaired) electrons. The number of rotatable bonds is 5. The zero-order valence-electron chi connectivity index (χ0n) is 11.9. The van der Waals surface area contributed by atoms with E-state index >= 15 is 0 Å². The molecular formula is C14H18N4O2. The molecule has 6 nitrogen and oxygen atoms in total. The van der Waals surface area contributed by atoms with Gasteiger partial charge in [0.05, 0.1) is 16.3 Å². The maximum atomic E-state index is 11.0. The molecule has 0 aliphatic heterocycles. The second-order valence-corrected chi connectivity index (χ2v) is 4.76. The number of benzene rings is 1. The van der Waals surface area contributed by atoms with Crippen LogP contribution in [0, 0.1) is 24.0 Å². The van der Waals surface area contributed by atoms with Gasteiger partial charge in [0.2, 0.25) is 0 Å². The monoisotopic (exact) mass is 274 g/mol. The van der Waals surface area contributed by atoms with Crippen molar-refractivity contribution in [1.82, 2.24) is 9.78 Å². The SMILES string of the molecule is CCCNc1cc(-n2nc(C)cc2C)cc([N+](=O)[O-])c1.